The van der Waals surface area contributed by atoms with Gasteiger partial charge < -0.3 is 9.64 Å². The van der Waals surface area contributed by atoms with Crippen LogP contribution in [0.25, 0.3) is 0 Å². The Kier molecular flexibility index (Phi) is 3.67. The van der Waals surface area contributed by atoms with Gasteiger partial charge in [-0.25, -0.2) is 0 Å². The number of nitrogens with zero attached hydrogens (tertiary/aromatic N) is 1. The molecule has 1 aliphatic heterocycles. The Balaban J connectivity index is 3.03. The average molecular weight is 242 g/mol. The highest BCUT2D eigenvalue weighted by Crippen LogP contribution is 2.33. The first-order valence-electron chi connectivity index (χ1n) is 4.21. The average Bonchev–Trinajstić information content (AvgIpc) is 2.15. The summed E-state index contributed by atoms with van der Waals surface area (Å²) in [6.45, 7) is 0. The number of ether oxygens (including phenoxy) is 1. The smallest absolute Gasteiger partial charge is 0.358 e. The van der Waals surface area contributed by atoms with E-state index in [1.165, 1.54) is 20.2 Å². The van der Waals surface area contributed by atoms with Crippen LogP contribution in [0.3, 0.4) is 0 Å². The van der Waals surface area contributed by atoms with Crippen molar-refractivity contribution in [1.82, 2.24) is 4.90 Å². The maximum Gasteiger partial charge on any atom is 0.431 e. The first-order chi connectivity index (χ1) is 6.91. The lowest BCUT2D eigenvalue weighted by molar-refractivity contribution is -0.124. The highest BCUT2D eigenvalue weighted by molar-refractivity contribution is 6.19. The van der Waals surface area contributed by atoms with Crippen LogP contribution in [0.4, 0.5) is 13.2 Å². The van der Waals surface area contributed by atoms with Crippen molar-refractivity contribution in [2.24, 2.45) is 0 Å². The van der Waals surface area contributed by atoms with E-state index >= 15 is 0 Å². The van der Waals surface area contributed by atoms with Gasteiger partial charge in [0, 0.05) is 20.0 Å². The van der Waals surface area contributed by atoms with E-state index in [0.29, 0.717) is 5.57 Å². The third-order valence-corrected chi connectivity index (χ3v) is 2.48. The maximum atomic E-state index is 12.5. The monoisotopic (exact) mass is 241 g/mol. The molecular weight excluding hydrogens is 231 g/mol. The zero-order chi connectivity index (χ0) is 11.6. The van der Waals surface area contributed by atoms with Crippen LogP contribution in [-0.2, 0) is 4.74 Å². The van der Waals surface area contributed by atoms with E-state index in [0.717, 1.165) is 11.0 Å². The summed E-state index contributed by atoms with van der Waals surface area (Å²) in [6, 6.07) is 0. The second-order valence-corrected chi connectivity index (χ2v) is 3.39. The van der Waals surface area contributed by atoms with Gasteiger partial charge in [-0.1, -0.05) is 6.08 Å². The summed E-state index contributed by atoms with van der Waals surface area (Å²) in [5.41, 5.74) is -0.127. The molecule has 1 rings (SSSR count). The number of rotatable bonds is 2. The van der Waals surface area contributed by atoms with Crippen LogP contribution >= 0.6 is 11.6 Å². The molecule has 1 aliphatic rings. The zero-order valence-corrected chi connectivity index (χ0v) is 9.06. The molecule has 0 saturated heterocycles. The lowest BCUT2D eigenvalue weighted by atomic mass is 10.1. The first-order valence-corrected chi connectivity index (χ1v) is 4.74. The normalized spacial score (nSPS) is 22.5. The number of methoxy groups -OCH3 is 1. The predicted octanol–water partition coefficient (Wildman–Crippen LogP) is 2.52. The molecule has 0 N–H and O–H groups in total. The van der Waals surface area contributed by atoms with E-state index in [1.54, 1.807) is 0 Å². The van der Waals surface area contributed by atoms with Crippen LogP contribution in [0.2, 0.25) is 0 Å². The number of hydrogen-bond donors (Lipinski definition) is 0. The highest BCUT2D eigenvalue weighted by Gasteiger charge is 2.40. The molecule has 0 aromatic rings. The molecule has 0 amide bonds. The van der Waals surface area contributed by atoms with E-state index in [-0.39, 0.29) is 5.88 Å². The molecule has 6 heteroatoms. The standard InChI is InChI=1S/C9H11ClF3NO/c1-14-7(9(11,12)13)4-3-6(5-10)8(14)15-2/h3-4,8H,5H2,1-2H3. The van der Waals surface area contributed by atoms with Gasteiger partial charge in [-0.15, -0.1) is 11.6 Å². The quantitative estimate of drug-likeness (QED) is 0.689. The van der Waals surface area contributed by atoms with E-state index < -0.39 is 18.1 Å². The third kappa shape index (κ3) is 2.46. The predicted molar refractivity (Wildman–Crippen MR) is 51.5 cm³/mol. The Labute approximate surface area is 90.9 Å². The van der Waals surface area contributed by atoms with Crippen molar-refractivity contribution in [3.05, 3.63) is 23.4 Å². The van der Waals surface area contributed by atoms with E-state index in [2.05, 4.69) is 0 Å². The second kappa shape index (κ2) is 4.45. The summed E-state index contributed by atoms with van der Waals surface area (Å²) in [5.74, 6) is 0.143. The van der Waals surface area contributed by atoms with Gasteiger partial charge in [0.25, 0.3) is 0 Å². The summed E-state index contributed by atoms with van der Waals surface area (Å²) < 4.78 is 42.5. The Morgan fingerprint density at radius 1 is 1.47 bits per heavy atom. The molecule has 1 heterocycles. The van der Waals surface area contributed by atoms with Crippen LogP contribution in [0.1, 0.15) is 0 Å². The zero-order valence-electron chi connectivity index (χ0n) is 8.31. The third-order valence-electron chi connectivity index (χ3n) is 2.17. The molecular formula is C9H11ClF3NO. The Morgan fingerprint density at radius 3 is 2.47 bits per heavy atom. The minimum absolute atomic E-state index is 0.143. The topological polar surface area (TPSA) is 12.5 Å². The fraction of sp³-hybridized carbons (Fsp3) is 0.556. The molecule has 0 saturated carbocycles. The minimum atomic E-state index is -4.38. The van der Waals surface area contributed by atoms with Crippen molar-refractivity contribution < 1.29 is 17.9 Å². The lowest BCUT2D eigenvalue weighted by Gasteiger charge is -2.35. The summed E-state index contributed by atoms with van der Waals surface area (Å²) in [7, 11) is 2.67. The summed E-state index contributed by atoms with van der Waals surface area (Å²) in [5, 5.41) is 0. The van der Waals surface area contributed by atoms with E-state index in [9.17, 15) is 13.2 Å². The number of alkyl halides is 4. The number of hydrogen-bond acceptors (Lipinski definition) is 2. The van der Waals surface area contributed by atoms with Gasteiger partial charge in [0.2, 0.25) is 0 Å². The molecule has 0 radical (unpaired) electrons. The molecule has 2 nitrogen and oxygen atoms in total. The van der Waals surface area contributed by atoms with Gasteiger partial charge in [0.1, 0.15) is 5.70 Å². The molecule has 15 heavy (non-hydrogen) atoms. The largest absolute Gasteiger partial charge is 0.431 e. The Bertz CT molecular complexity index is 298. The van der Waals surface area contributed by atoms with Crippen LogP contribution in [0, 0.1) is 0 Å². The lowest BCUT2D eigenvalue weighted by Crippen LogP contribution is -2.41. The molecule has 0 aliphatic carbocycles. The van der Waals surface area contributed by atoms with Crippen molar-refractivity contribution in [3.8, 4) is 0 Å². The maximum absolute atomic E-state index is 12.5. The van der Waals surface area contributed by atoms with E-state index in [1.807, 2.05) is 0 Å². The molecule has 86 valence electrons. The van der Waals surface area contributed by atoms with Gasteiger partial charge in [-0.3, -0.25) is 0 Å². The van der Waals surface area contributed by atoms with Crippen molar-refractivity contribution in [2.75, 3.05) is 20.0 Å². The summed E-state index contributed by atoms with van der Waals surface area (Å²) >= 11 is 5.60. The Hall–Kier alpha value is -0.680. The van der Waals surface area contributed by atoms with Crippen LogP contribution in [0.5, 0.6) is 0 Å². The van der Waals surface area contributed by atoms with Gasteiger partial charge >= 0.3 is 6.18 Å². The molecule has 0 aromatic carbocycles. The number of halogens is 4. The van der Waals surface area contributed by atoms with Crippen molar-refractivity contribution in [3.63, 3.8) is 0 Å². The molecule has 1 unspecified atom stereocenters. The van der Waals surface area contributed by atoms with Crippen LogP contribution in [-0.4, -0.2) is 37.3 Å². The van der Waals surface area contributed by atoms with Crippen molar-refractivity contribution in [2.45, 2.75) is 12.4 Å². The number of likely N-dealkylation sites (N-methyl/N-ethyl adjacent to an activating group) is 1. The van der Waals surface area contributed by atoms with Crippen LogP contribution in [0.15, 0.2) is 23.4 Å². The van der Waals surface area contributed by atoms with Crippen molar-refractivity contribution in [1.29, 1.82) is 0 Å². The molecule has 0 fully saturated rings. The summed E-state index contributed by atoms with van der Waals surface area (Å²) in [4.78, 5) is 1.03. The van der Waals surface area contributed by atoms with Gasteiger partial charge in [-0.2, -0.15) is 13.2 Å². The number of allylic oxidation sites excluding steroid dienone is 3. The van der Waals surface area contributed by atoms with E-state index in [4.69, 9.17) is 16.3 Å². The van der Waals surface area contributed by atoms with Crippen molar-refractivity contribution >= 4 is 11.6 Å². The SMILES string of the molecule is COC1C(CCl)=CC=C(C(F)(F)F)N1C. The molecule has 0 aromatic heterocycles. The van der Waals surface area contributed by atoms with Crippen LogP contribution < -0.4 is 0 Å². The van der Waals surface area contributed by atoms with Gasteiger partial charge in [-0.05, 0) is 11.6 Å². The fourth-order valence-corrected chi connectivity index (χ4v) is 1.70. The Morgan fingerprint density at radius 2 is 2.07 bits per heavy atom. The summed E-state index contributed by atoms with van der Waals surface area (Å²) in [6.07, 6.45) is -2.76. The highest BCUT2D eigenvalue weighted by atomic mass is 35.5. The first kappa shape index (κ1) is 12.4. The van der Waals surface area contributed by atoms with Gasteiger partial charge in [0.15, 0.2) is 6.23 Å². The molecule has 0 spiro atoms. The second-order valence-electron chi connectivity index (χ2n) is 3.12. The minimum Gasteiger partial charge on any atom is -0.358 e. The molecule has 1 atom stereocenters. The van der Waals surface area contributed by atoms with Gasteiger partial charge in [0.05, 0.1) is 0 Å². The fourth-order valence-electron chi connectivity index (χ4n) is 1.48. The molecule has 0 bridgehead atoms.